The van der Waals surface area contributed by atoms with Gasteiger partial charge in [-0.2, -0.15) is 0 Å². The number of anilines is 1. The van der Waals surface area contributed by atoms with E-state index >= 15 is 0 Å². The number of para-hydroxylation sites is 1. The number of amides is 1. The van der Waals surface area contributed by atoms with E-state index in [0.29, 0.717) is 18.1 Å². The van der Waals surface area contributed by atoms with Crippen molar-refractivity contribution in [2.75, 3.05) is 11.9 Å². The summed E-state index contributed by atoms with van der Waals surface area (Å²) < 4.78 is 6.23. The first kappa shape index (κ1) is 19.3. The van der Waals surface area contributed by atoms with Crippen molar-refractivity contribution >= 4 is 22.4 Å². The first-order chi connectivity index (χ1) is 14.0. The van der Waals surface area contributed by atoms with Gasteiger partial charge in [0.25, 0.3) is 5.91 Å². The molecule has 0 saturated heterocycles. The number of carbonyl (C=O) groups is 1. The number of hydrogen-bond acceptors (Lipinski definition) is 3. The Morgan fingerprint density at radius 3 is 2.45 bits per heavy atom. The van der Waals surface area contributed by atoms with E-state index in [-0.39, 0.29) is 18.1 Å². The maximum absolute atomic E-state index is 13.4. The van der Waals surface area contributed by atoms with Gasteiger partial charge in [-0.1, -0.05) is 56.3 Å². The van der Waals surface area contributed by atoms with Gasteiger partial charge in [0.2, 0.25) is 0 Å². The van der Waals surface area contributed by atoms with Gasteiger partial charge in [0.1, 0.15) is 11.9 Å². The summed E-state index contributed by atoms with van der Waals surface area (Å²) in [5, 5.41) is 5.86. The zero-order valence-corrected chi connectivity index (χ0v) is 17.5. The number of ether oxygens (including phenoxy) is 1. The van der Waals surface area contributed by atoms with Crippen LogP contribution in [0, 0.1) is 5.92 Å². The SMILES string of the molecule is CC(C)COc1ccc2ccccc2c1C1Nc2ccccc2C(=O)N1C(C)C. The number of benzene rings is 3. The molecule has 4 rings (SSSR count). The highest BCUT2D eigenvalue weighted by Gasteiger charge is 2.36. The molecule has 1 atom stereocenters. The molecule has 150 valence electrons. The molecule has 0 spiro atoms. The van der Waals surface area contributed by atoms with E-state index in [1.54, 1.807) is 0 Å². The van der Waals surface area contributed by atoms with Crippen LogP contribution in [0.25, 0.3) is 10.8 Å². The zero-order chi connectivity index (χ0) is 20.5. The van der Waals surface area contributed by atoms with Gasteiger partial charge in [0.15, 0.2) is 0 Å². The lowest BCUT2D eigenvalue weighted by Crippen LogP contribution is -2.46. The molecule has 0 saturated carbocycles. The molecular formula is C25H28N2O2. The van der Waals surface area contributed by atoms with Gasteiger partial charge in [0, 0.05) is 17.3 Å². The molecule has 4 heteroatoms. The lowest BCUT2D eigenvalue weighted by atomic mass is 9.96. The second-order valence-electron chi connectivity index (χ2n) is 8.30. The van der Waals surface area contributed by atoms with Crippen molar-refractivity contribution in [1.29, 1.82) is 0 Å². The highest BCUT2D eigenvalue weighted by atomic mass is 16.5. The van der Waals surface area contributed by atoms with Crippen molar-refractivity contribution in [1.82, 2.24) is 4.90 Å². The minimum atomic E-state index is -0.300. The summed E-state index contributed by atoms with van der Waals surface area (Å²) in [6, 6.07) is 20.2. The Balaban J connectivity index is 1.91. The maximum atomic E-state index is 13.4. The van der Waals surface area contributed by atoms with Gasteiger partial charge in [-0.3, -0.25) is 4.79 Å². The van der Waals surface area contributed by atoms with Crippen molar-refractivity contribution in [2.45, 2.75) is 39.9 Å². The molecule has 1 amide bonds. The number of carbonyl (C=O) groups excluding carboxylic acids is 1. The summed E-state index contributed by atoms with van der Waals surface area (Å²) in [7, 11) is 0. The molecule has 29 heavy (non-hydrogen) atoms. The van der Waals surface area contributed by atoms with Crippen molar-refractivity contribution in [2.24, 2.45) is 5.92 Å². The zero-order valence-electron chi connectivity index (χ0n) is 17.5. The maximum Gasteiger partial charge on any atom is 0.258 e. The first-order valence-corrected chi connectivity index (χ1v) is 10.3. The summed E-state index contributed by atoms with van der Waals surface area (Å²) in [5.41, 5.74) is 2.59. The van der Waals surface area contributed by atoms with Crippen LogP contribution < -0.4 is 10.1 Å². The smallest absolute Gasteiger partial charge is 0.258 e. The van der Waals surface area contributed by atoms with Crippen LogP contribution in [-0.4, -0.2) is 23.5 Å². The van der Waals surface area contributed by atoms with Crippen LogP contribution in [0.2, 0.25) is 0 Å². The number of rotatable bonds is 5. The van der Waals surface area contributed by atoms with Gasteiger partial charge in [-0.05, 0) is 48.7 Å². The standard InChI is InChI=1S/C25H28N2O2/c1-16(2)15-29-22-14-13-18-9-5-6-10-19(18)23(22)24-26-21-12-8-7-11-20(21)25(28)27(24)17(3)4/h5-14,16-17,24,26H,15H2,1-4H3. The fourth-order valence-corrected chi connectivity index (χ4v) is 3.95. The van der Waals surface area contributed by atoms with Crippen LogP contribution in [0.3, 0.4) is 0 Å². The highest BCUT2D eigenvalue weighted by molar-refractivity contribution is 6.02. The molecule has 1 N–H and O–H groups in total. The molecular weight excluding hydrogens is 360 g/mol. The predicted molar refractivity (Wildman–Crippen MR) is 118 cm³/mol. The van der Waals surface area contributed by atoms with E-state index in [1.165, 1.54) is 0 Å². The topological polar surface area (TPSA) is 41.6 Å². The lowest BCUT2D eigenvalue weighted by molar-refractivity contribution is 0.0615. The third kappa shape index (κ3) is 3.55. The van der Waals surface area contributed by atoms with Gasteiger partial charge in [0.05, 0.1) is 12.2 Å². The largest absolute Gasteiger partial charge is 0.493 e. The summed E-state index contributed by atoms with van der Waals surface area (Å²) in [6.45, 7) is 9.02. The van der Waals surface area contributed by atoms with Crippen LogP contribution in [0.1, 0.15) is 49.8 Å². The monoisotopic (exact) mass is 388 g/mol. The van der Waals surface area contributed by atoms with Gasteiger partial charge >= 0.3 is 0 Å². The van der Waals surface area contributed by atoms with Crippen LogP contribution in [-0.2, 0) is 0 Å². The van der Waals surface area contributed by atoms with E-state index in [1.807, 2.05) is 47.4 Å². The minimum Gasteiger partial charge on any atom is -0.493 e. The Morgan fingerprint density at radius 1 is 0.966 bits per heavy atom. The van der Waals surface area contributed by atoms with Crippen molar-refractivity contribution < 1.29 is 9.53 Å². The molecule has 1 unspecified atom stereocenters. The fourth-order valence-electron chi connectivity index (χ4n) is 3.95. The molecule has 3 aromatic rings. The van der Waals surface area contributed by atoms with Crippen molar-refractivity contribution in [3.63, 3.8) is 0 Å². The second-order valence-corrected chi connectivity index (χ2v) is 8.30. The Labute approximate surface area is 172 Å². The Bertz CT molecular complexity index is 1040. The van der Waals surface area contributed by atoms with Crippen LogP contribution in [0.4, 0.5) is 5.69 Å². The number of nitrogens with zero attached hydrogens (tertiary/aromatic N) is 1. The Hall–Kier alpha value is -3.01. The fraction of sp³-hybridized carbons (Fsp3) is 0.320. The Morgan fingerprint density at radius 2 is 1.69 bits per heavy atom. The molecule has 0 radical (unpaired) electrons. The van der Waals surface area contributed by atoms with Gasteiger partial charge in [-0.15, -0.1) is 0 Å². The van der Waals surface area contributed by atoms with Crippen LogP contribution in [0.5, 0.6) is 5.75 Å². The number of nitrogens with one attached hydrogen (secondary N) is 1. The average Bonchev–Trinajstić information content (AvgIpc) is 2.71. The summed E-state index contributed by atoms with van der Waals surface area (Å²) in [6.07, 6.45) is -0.300. The number of hydrogen-bond donors (Lipinski definition) is 1. The third-order valence-electron chi connectivity index (χ3n) is 5.30. The molecule has 4 nitrogen and oxygen atoms in total. The van der Waals surface area contributed by atoms with Crippen molar-refractivity contribution in [3.8, 4) is 5.75 Å². The number of fused-ring (bicyclic) bond motifs is 2. The van der Waals surface area contributed by atoms with E-state index in [4.69, 9.17) is 4.74 Å². The molecule has 1 aliphatic rings. The first-order valence-electron chi connectivity index (χ1n) is 10.3. The molecule has 0 bridgehead atoms. The normalized spacial score (nSPS) is 16.3. The molecule has 0 fully saturated rings. The molecule has 1 aliphatic heterocycles. The van der Waals surface area contributed by atoms with Crippen molar-refractivity contribution in [3.05, 3.63) is 71.8 Å². The van der Waals surface area contributed by atoms with Gasteiger partial charge in [-0.25, -0.2) is 0 Å². The second kappa shape index (κ2) is 7.78. The van der Waals surface area contributed by atoms with Gasteiger partial charge < -0.3 is 15.0 Å². The van der Waals surface area contributed by atoms with Crippen LogP contribution >= 0.6 is 0 Å². The lowest BCUT2D eigenvalue weighted by Gasteiger charge is -2.41. The highest BCUT2D eigenvalue weighted by Crippen LogP contribution is 2.41. The van der Waals surface area contributed by atoms with Crippen LogP contribution in [0.15, 0.2) is 60.7 Å². The van der Waals surface area contributed by atoms with E-state index in [0.717, 1.165) is 27.8 Å². The molecule has 0 aromatic heterocycles. The molecule has 3 aromatic carbocycles. The van der Waals surface area contributed by atoms with E-state index < -0.39 is 0 Å². The summed E-state index contributed by atoms with van der Waals surface area (Å²) >= 11 is 0. The van der Waals surface area contributed by atoms with E-state index in [2.05, 4.69) is 51.2 Å². The van der Waals surface area contributed by atoms with E-state index in [9.17, 15) is 4.79 Å². The Kier molecular flexibility index (Phi) is 5.18. The summed E-state index contributed by atoms with van der Waals surface area (Å²) in [5.74, 6) is 1.28. The molecule has 0 aliphatic carbocycles. The molecule has 1 heterocycles. The predicted octanol–water partition coefficient (Wildman–Crippen LogP) is 5.85. The third-order valence-corrected chi connectivity index (χ3v) is 5.30. The average molecular weight is 389 g/mol. The minimum absolute atomic E-state index is 0.0327. The summed E-state index contributed by atoms with van der Waals surface area (Å²) in [4.78, 5) is 15.3. The quantitative estimate of drug-likeness (QED) is 0.596.